The van der Waals surface area contributed by atoms with Crippen molar-refractivity contribution >= 4 is 15.9 Å². The molecule has 0 spiro atoms. The van der Waals surface area contributed by atoms with E-state index in [4.69, 9.17) is 9.26 Å². The second-order valence-corrected chi connectivity index (χ2v) is 8.37. The molecule has 0 radical (unpaired) electrons. The van der Waals surface area contributed by atoms with Crippen molar-refractivity contribution in [2.24, 2.45) is 0 Å². The van der Waals surface area contributed by atoms with Gasteiger partial charge < -0.3 is 14.2 Å². The lowest BCUT2D eigenvalue weighted by atomic mass is 9.86. The van der Waals surface area contributed by atoms with Crippen molar-refractivity contribution in [2.45, 2.75) is 29.7 Å². The molecule has 2 unspecified atom stereocenters. The molecule has 8 nitrogen and oxygen atoms in total. The Labute approximate surface area is 150 Å². The number of sulfone groups is 1. The molecule has 1 aromatic carbocycles. The fourth-order valence-electron chi connectivity index (χ4n) is 3.31. The molecule has 1 saturated heterocycles. The maximum absolute atomic E-state index is 12.2. The molecule has 0 bridgehead atoms. The third-order valence-corrected chi connectivity index (χ3v) is 5.78. The maximum atomic E-state index is 12.2. The third-order valence-electron chi connectivity index (χ3n) is 4.65. The molecule has 2 heterocycles. The van der Waals surface area contributed by atoms with Gasteiger partial charge in [-0.1, -0.05) is 12.1 Å². The first-order valence-electron chi connectivity index (χ1n) is 8.12. The van der Waals surface area contributed by atoms with Gasteiger partial charge in [0.05, 0.1) is 18.0 Å². The number of benzene rings is 1. The van der Waals surface area contributed by atoms with E-state index in [2.05, 4.69) is 5.16 Å². The Bertz CT molecular complexity index is 944. The molecule has 1 fully saturated rings. The van der Waals surface area contributed by atoms with Crippen LogP contribution >= 0.6 is 0 Å². The lowest BCUT2D eigenvalue weighted by Crippen LogP contribution is -2.40. The van der Waals surface area contributed by atoms with Crippen LogP contribution in [0.1, 0.15) is 36.1 Å². The number of hydrogen-bond donors (Lipinski definition) is 1. The summed E-state index contributed by atoms with van der Waals surface area (Å²) in [6.07, 6.45) is 1.87. The molecule has 1 amide bonds. The van der Waals surface area contributed by atoms with E-state index in [1.165, 1.54) is 25.3 Å². The number of likely N-dealkylation sites (tertiary alicyclic amines) is 1. The molecule has 1 aliphatic heterocycles. The molecule has 0 saturated carbocycles. The lowest BCUT2D eigenvalue weighted by molar-refractivity contribution is 0.0815. The monoisotopic (exact) mass is 380 g/mol. The van der Waals surface area contributed by atoms with Crippen molar-refractivity contribution in [3.05, 3.63) is 52.0 Å². The molecule has 1 aromatic heterocycles. The zero-order valence-corrected chi connectivity index (χ0v) is 15.3. The minimum absolute atomic E-state index is 0.0329. The first-order valence-corrected chi connectivity index (χ1v) is 10.0. The summed E-state index contributed by atoms with van der Waals surface area (Å²) in [5.41, 5.74) is 0.495. The van der Waals surface area contributed by atoms with Gasteiger partial charge in [-0.05, 0) is 30.5 Å². The number of nitrogens with one attached hydrogen (secondary N) is 1. The summed E-state index contributed by atoms with van der Waals surface area (Å²) >= 11 is 0. The van der Waals surface area contributed by atoms with Crippen LogP contribution in [0, 0.1) is 0 Å². The standard InChI is InChI=1S/C17H20N2O6S/c1-24-17(21)19-8-7-12(15-10-16(20)18-25-15)9-14(19)11-3-5-13(6-4-11)26(2,22)23/h3-6,10,12,14H,7-9H2,1-2H3,(H,18,20). The normalized spacial score (nSPS) is 20.8. The number of piperidine rings is 1. The van der Waals surface area contributed by atoms with E-state index in [0.29, 0.717) is 25.1 Å². The molecule has 2 atom stereocenters. The van der Waals surface area contributed by atoms with Gasteiger partial charge in [-0.15, -0.1) is 0 Å². The Balaban J connectivity index is 1.92. The van der Waals surface area contributed by atoms with E-state index in [-0.39, 0.29) is 22.4 Å². The average Bonchev–Trinajstić information content (AvgIpc) is 3.06. The molecular formula is C17H20N2O6S. The van der Waals surface area contributed by atoms with Crippen LogP contribution in [0.3, 0.4) is 0 Å². The second-order valence-electron chi connectivity index (χ2n) is 6.36. The summed E-state index contributed by atoms with van der Waals surface area (Å²) in [7, 11) is -1.97. The highest BCUT2D eigenvalue weighted by atomic mass is 32.2. The quantitative estimate of drug-likeness (QED) is 0.873. The smallest absolute Gasteiger partial charge is 0.409 e. The van der Waals surface area contributed by atoms with Crippen LogP contribution in [0.2, 0.25) is 0 Å². The summed E-state index contributed by atoms with van der Waals surface area (Å²) in [4.78, 5) is 25.3. The largest absolute Gasteiger partial charge is 0.453 e. The highest BCUT2D eigenvalue weighted by molar-refractivity contribution is 7.90. The minimum Gasteiger partial charge on any atom is -0.453 e. The number of methoxy groups -OCH3 is 1. The van der Waals surface area contributed by atoms with E-state index in [0.717, 1.165) is 11.8 Å². The Kier molecular flexibility index (Phi) is 4.90. The van der Waals surface area contributed by atoms with E-state index >= 15 is 0 Å². The van der Waals surface area contributed by atoms with Gasteiger partial charge in [0.2, 0.25) is 0 Å². The van der Waals surface area contributed by atoms with Crippen molar-refractivity contribution in [3.63, 3.8) is 0 Å². The SMILES string of the molecule is COC(=O)N1CCC(c2cc(=O)[nH]o2)CC1c1ccc(S(C)(=O)=O)cc1. The third kappa shape index (κ3) is 3.67. The number of rotatable bonds is 3. The number of carbonyl (C=O) groups excluding carboxylic acids is 1. The number of amides is 1. The first-order chi connectivity index (χ1) is 12.3. The molecule has 1 N–H and O–H groups in total. The zero-order valence-electron chi connectivity index (χ0n) is 14.5. The Morgan fingerprint density at radius 3 is 2.54 bits per heavy atom. The van der Waals surface area contributed by atoms with Crippen LogP contribution < -0.4 is 5.56 Å². The zero-order chi connectivity index (χ0) is 18.9. The number of aromatic amines is 1. The average molecular weight is 380 g/mol. The molecule has 140 valence electrons. The fourth-order valence-corrected chi connectivity index (χ4v) is 3.94. The first kappa shape index (κ1) is 18.2. The lowest BCUT2D eigenvalue weighted by Gasteiger charge is -2.38. The number of ether oxygens (including phenoxy) is 1. The summed E-state index contributed by atoms with van der Waals surface area (Å²) in [6.45, 7) is 0.435. The van der Waals surface area contributed by atoms with Gasteiger partial charge in [-0.25, -0.2) is 13.2 Å². The van der Waals surface area contributed by atoms with Crippen LogP contribution in [0.25, 0.3) is 0 Å². The van der Waals surface area contributed by atoms with Gasteiger partial charge in [0.1, 0.15) is 5.76 Å². The molecular weight excluding hydrogens is 360 g/mol. The highest BCUT2D eigenvalue weighted by Gasteiger charge is 2.35. The molecule has 0 aliphatic carbocycles. The number of hydrogen-bond acceptors (Lipinski definition) is 6. The van der Waals surface area contributed by atoms with Crippen LogP contribution in [-0.2, 0) is 14.6 Å². The topological polar surface area (TPSA) is 110 Å². The summed E-state index contributed by atoms with van der Waals surface area (Å²) in [5.74, 6) is 0.520. The predicted octanol–water partition coefficient (Wildman–Crippen LogP) is 2.06. The van der Waals surface area contributed by atoms with Gasteiger partial charge in [-0.3, -0.25) is 4.79 Å². The summed E-state index contributed by atoms with van der Waals surface area (Å²) in [6, 6.07) is 7.57. The van der Waals surface area contributed by atoms with Crippen LogP contribution in [0.5, 0.6) is 0 Å². The maximum Gasteiger partial charge on any atom is 0.409 e. The molecule has 1 aliphatic rings. The van der Waals surface area contributed by atoms with Crippen molar-refractivity contribution in [2.75, 3.05) is 19.9 Å². The van der Waals surface area contributed by atoms with Gasteiger partial charge >= 0.3 is 6.09 Å². The van der Waals surface area contributed by atoms with E-state index in [9.17, 15) is 18.0 Å². The fraction of sp³-hybridized carbons (Fsp3) is 0.412. The van der Waals surface area contributed by atoms with Gasteiger partial charge in [-0.2, -0.15) is 5.16 Å². The Hall–Kier alpha value is -2.55. The van der Waals surface area contributed by atoms with Gasteiger partial charge in [0, 0.05) is 24.8 Å². The van der Waals surface area contributed by atoms with E-state index < -0.39 is 15.9 Å². The van der Waals surface area contributed by atoms with Crippen molar-refractivity contribution < 1.29 is 22.5 Å². The molecule has 26 heavy (non-hydrogen) atoms. The van der Waals surface area contributed by atoms with E-state index in [1.54, 1.807) is 17.0 Å². The van der Waals surface area contributed by atoms with Crippen LogP contribution in [-0.4, -0.2) is 44.5 Å². The highest BCUT2D eigenvalue weighted by Crippen LogP contribution is 2.39. The van der Waals surface area contributed by atoms with Gasteiger partial charge in [0.25, 0.3) is 5.56 Å². The number of aromatic nitrogens is 1. The van der Waals surface area contributed by atoms with Crippen molar-refractivity contribution in [1.82, 2.24) is 10.1 Å². The molecule has 2 aromatic rings. The van der Waals surface area contributed by atoms with E-state index in [1.807, 2.05) is 0 Å². The summed E-state index contributed by atoms with van der Waals surface area (Å²) < 4.78 is 33.4. The minimum atomic E-state index is -3.29. The number of nitrogens with zero attached hydrogens (tertiary/aromatic N) is 1. The Morgan fingerprint density at radius 1 is 1.31 bits per heavy atom. The van der Waals surface area contributed by atoms with Crippen LogP contribution in [0.4, 0.5) is 4.79 Å². The predicted molar refractivity (Wildman–Crippen MR) is 92.7 cm³/mol. The second kappa shape index (κ2) is 6.99. The van der Waals surface area contributed by atoms with Crippen LogP contribution in [0.15, 0.2) is 44.5 Å². The number of H-pyrrole nitrogens is 1. The summed E-state index contributed by atoms with van der Waals surface area (Å²) in [5, 5.41) is 2.29. The molecule has 3 rings (SSSR count). The molecule has 9 heteroatoms. The number of carbonyl (C=O) groups is 1. The van der Waals surface area contributed by atoms with Crippen molar-refractivity contribution in [1.29, 1.82) is 0 Å². The Morgan fingerprint density at radius 2 is 2.00 bits per heavy atom. The van der Waals surface area contributed by atoms with Crippen molar-refractivity contribution in [3.8, 4) is 0 Å². The van der Waals surface area contributed by atoms with Gasteiger partial charge in [0.15, 0.2) is 9.84 Å².